The molecule has 0 heterocycles. The quantitative estimate of drug-likeness (QED) is 0.654. The average molecular weight is 244 g/mol. The van der Waals surface area contributed by atoms with Crippen LogP contribution in [-0.2, 0) is 0 Å². The molecule has 0 aromatic heterocycles. The molecule has 2 atom stereocenters. The molecule has 104 valence electrons. The van der Waals surface area contributed by atoms with Crippen molar-refractivity contribution in [2.45, 2.75) is 65.5 Å². The topological polar surface area (TPSA) is 49.5 Å². The van der Waals surface area contributed by atoms with E-state index in [1.54, 1.807) is 0 Å². The maximum Gasteiger partial charge on any atom is 0.0756 e. The fourth-order valence-corrected chi connectivity index (χ4v) is 2.35. The van der Waals surface area contributed by atoms with Crippen LogP contribution in [0.15, 0.2) is 0 Å². The van der Waals surface area contributed by atoms with Crippen LogP contribution in [0.3, 0.4) is 0 Å². The zero-order valence-electron chi connectivity index (χ0n) is 12.4. The summed E-state index contributed by atoms with van der Waals surface area (Å²) < 4.78 is 0. The summed E-state index contributed by atoms with van der Waals surface area (Å²) in [7, 11) is 0. The Morgan fingerprint density at radius 1 is 1.24 bits per heavy atom. The van der Waals surface area contributed by atoms with Crippen LogP contribution < -0.4 is 5.73 Å². The molecule has 3 heteroatoms. The molecule has 0 aliphatic heterocycles. The van der Waals surface area contributed by atoms with Crippen LogP contribution in [0.1, 0.15) is 53.9 Å². The molecule has 0 spiro atoms. The molecule has 2 unspecified atom stereocenters. The highest BCUT2D eigenvalue weighted by atomic mass is 16.3. The number of hydrogen-bond acceptors (Lipinski definition) is 3. The Bertz CT molecular complexity index is 191. The Hall–Kier alpha value is -0.120. The third-order valence-electron chi connectivity index (χ3n) is 3.85. The molecule has 0 radical (unpaired) electrons. The van der Waals surface area contributed by atoms with Crippen molar-refractivity contribution >= 4 is 0 Å². The third-order valence-corrected chi connectivity index (χ3v) is 3.85. The Morgan fingerprint density at radius 3 is 2.12 bits per heavy atom. The minimum absolute atomic E-state index is 0.333. The van der Waals surface area contributed by atoms with E-state index in [1.807, 2.05) is 6.92 Å². The maximum atomic E-state index is 10.0. The molecule has 0 bridgehead atoms. The van der Waals surface area contributed by atoms with Gasteiger partial charge in [-0.05, 0) is 32.7 Å². The van der Waals surface area contributed by atoms with Crippen LogP contribution in [-0.4, -0.2) is 41.3 Å². The number of hydrogen-bond donors (Lipinski definition) is 2. The largest absolute Gasteiger partial charge is 0.389 e. The fourth-order valence-electron chi connectivity index (χ4n) is 2.35. The van der Waals surface area contributed by atoms with Crippen molar-refractivity contribution in [2.24, 2.45) is 11.7 Å². The smallest absolute Gasteiger partial charge is 0.0756 e. The van der Waals surface area contributed by atoms with Crippen molar-refractivity contribution in [3.63, 3.8) is 0 Å². The first-order valence-electron chi connectivity index (χ1n) is 7.06. The number of rotatable bonds is 9. The zero-order chi connectivity index (χ0) is 13.5. The van der Waals surface area contributed by atoms with Gasteiger partial charge in [0, 0.05) is 19.1 Å². The van der Waals surface area contributed by atoms with E-state index in [-0.39, 0.29) is 0 Å². The minimum Gasteiger partial charge on any atom is -0.389 e. The van der Waals surface area contributed by atoms with Gasteiger partial charge in [0.15, 0.2) is 0 Å². The van der Waals surface area contributed by atoms with E-state index in [2.05, 4.69) is 32.6 Å². The van der Waals surface area contributed by atoms with Gasteiger partial charge in [0.05, 0.1) is 5.60 Å². The van der Waals surface area contributed by atoms with Crippen molar-refractivity contribution in [1.29, 1.82) is 0 Å². The lowest BCUT2D eigenvalue weighted by Crippen LogP contribution is -2.44. The summed E-state index contributed by atoms with van der Waals surface area (Å²) in [5, 5.41) is 10.0. The first kappa shape index (κ1) is 16.9. The van der Waals surface area contributed by atoms with Gasteiger partial charge in [0.1, 0.15) is 0 Å². The molecule has 0 fully saturated rings. The van der Waals surface area contributed by atoms with Crippen LogP contribution >= 0.6 is 0 Å². The second-order valence-electron chi connectivity index (χ2n) is 5.52. The lowest BCUT2D eigenvalue weighted by Gasteiger charge is -2.35. The Balaban J connectivity index is 4.34. The van der Waals surface area contributed by atoms with Crippen LogP contribution in [0.5, 0.6) is 0 Å². The van der Waals surface area contributed by atoms with Crippen molar-refractivity contribution in [2.75, 3.05) is 19.6 Å². The van der Waals surface area contributed by atoms with Crippen molar-refractivity contribution in [3.8, 4) is 0 Å². The molecule has 0 aliphatic carbocycles. The van der Waals surface area contributed by atoms with Crippen molar-refractivity contribution < 1.29 is 5.11 Å². The first-order valence-corrected chi connectivity index (χ1v) is 7.06. The van der Waals surface area contributed by atoms with Gasteiger partial charge in [-0.25, -0.2) is 0 Å². The van der Waals surface area contributed by atoms with Gasteiger partial charge in [0.2, 0.25) is 0 Å². The van der Waals surface area contributed by atoms with Gasteiger partial charge in [0.25, 0.3) is 0 Å². The molecule has 0 aromatic rings. The molecule has 0 amide bonds. The van der Waals surface area contributed by atoms with Crippen LogP contribution in [0.4, 0.5) is 0 Å². The Morgan fingerprint density at radius 2 is 1.76 bits per heavy atom. The van der Waals surface area contributed by atoms with E-state index in [4.69, 9.17) is 5.73 Å². The van der Waals surface area contributed by atoms with E-state index in [0.29, 0.717) is 12.6 Å². The van der Waals surface area contributed by atoms with Gasteiger partial charge in [-0.15, -0.1) is 0 Å². The molecule has 3 nitrogen and oxygen atoms in total. The molecule has 0 aromatic carbocycles. The Kier molecular flexibility index (Phi) is 8.01. The van der Waals surface area contributed by atoms with E-state index >= 15 is 0 Å². The second-order valence-corrected chi connectivity index (χ2v) is 5.52. The monoisotopic (exact) mass is 244 g/mol. The summed E-state index contributed by atoms with van der Waals surface area (Å²) in [5.41, 5.74) is 4.85. The number of nitrogens with zero attached hydrogens (tertiary/aromatic N) is 1. The van der Waals surface area contributed by atoms with Gasteiger partial charge >= 0.3 is 0 Å². The summed E-state index contributed by atoms with van der Waals surface area (Å²) >= 11 is 0. The molecule has 0 saturated carbocycles. The lowest BCUT2D eigenvalue weighted by atomic mass is 9.95. The Labute approximate surface area is 107 Å². The minimum atomic E-state index is -0.735. The highest BCUT2D eigenvalue weighted by molar-refractivity contribution is 4.81. The summed E-state index contributed by atoms with van der Waals surface area (Å²) in [6.45, 7) is 13.2. The molecule has 17 heavy (non-hydrogen) atoms. The summed E-state index contributed by atoms with van der Waals surface area (Å²) in [5.74, 6) is 0.764. The zero-order valence-corrected chi connectivity index (χ0v) is 12.4. The number of aliphatic hydroxyl groups is 1. The van der Waals surface area contributed by atoms with Gasteiger partial charge in [-0.2, -0.15) is 0 Å². The fraction of sp³-hybridized carbons (Fsp3) is 1.00. The third kappa shape index (κ3) is 6.39. The van der Waals surface area contributed by atoms with Crippen LogP contribution in [0.2, 0.25) is 0 Å². The van der Waals surface area contributed by atoms with Gasteiger partial charge in [-0.3, -0.25) is 0 Å². The lowest BCUT2D eigenvalue weighted by molar-refractivity contribution is 0.0262. The molecule has 3 N–H and O–H groups in total. The van der Waals surface area contributed by atoms with E-state index in [1.165, 1.54) is 12.8 Å². The normalized spacial score (nSPS) is 17.5. The van der Waals surface area contributed by atoms with E-state index < -0.39 is 5.60 Å². The molecule has 0 aliphatic rings. The van der Waals surface area contributed by atoms with E-state index in [9.17, 15) is 5.11 Å². The van der Waals surface area contributed by atoms with Crippen molar-refractivity contribution in [3.05, 3.63) is 0 Å². The van der Waals surface area contributed by atoms with Crippen LogP contribution in [0, 0.1) is 5.92 Å². The molecular weight excluding hydrogens is 212 g/mol. The highest BCUT2D eigenvalue weighted by Gasteiger charge is 2.25. The summed E-state index contributed by atoms with van der Waals surface area (Å²) in [4.78, 5) is 2.46. The predicted molar refractivity (Wildman–Crippen MR) is 75.1 cm³/mol. The predicted octanol–water partition coefficient (Wildman–Crippen LogP) is 2.23. The average Bonchev–Trinajstić information content (AvgIpc) is 2.30. The maximum absolute atomic E-state index is 10.0. The second kappa shape index (κ2) is 8.06. The van der Waals surface area contributed by atoms with Crippen LogP contribution in [0.25, 0.3) is 0 Å². The first-order chi connectivity index (χ1) is 7.90. The van der Waals surface area contributed by atoms with Gasteiger partial charge < -0.3 is 15.7 Å². The summed E-state index contributed by atoms with van der Waals surface area (Å²) in [6.07, 6.45) is 3.21. The standard InChI is InChI=1S/C14H32N2O/c1-6-13(7-2)10-16(8-3)12(4)9-14(5,17)11-15/h12-13,17H,6-11,15H2,1-5H3. The van der Waals surface area contributed by atoms with Crippen molar-refractivity contribution in [1.82, 2.24) is 4.90 Å². The SMILES string of the molecule is CCC(CC)CN(CC)C(C)CC(C)(O)CN. The molecule has 0 rings (SSSR count). The van der Waals surface area contributed by atoms with E-state index in [0.717, 1.165) is 25.4 Å². The van der Waals surface area contributed by atoms with Gasteiger partial charge in [-0.1, -0.05) is 33.6 Å². The highest BCUT2D eigenvalue weighted by Crippen LogP contribution is 2.18. The molecular formula is C14H32N2O. The summed E-state index contributed by atoms with van der Waals surface area (Å²) in [6, 6.07) is 0.388. The number of nitrogens with two attached hydrogens (primary N) is 1. The molecule has 0 saturated heterocycles.